The fraction of sp³-hybridized carbons (Fsp3) is 0.857. The Kier molecular flexibility index (Phi) is 4.72. The number of hydrogen-bond acceptors (Lipinski definition) is 7. The smallest absolute Gasteiger partial charge is 0.318 e. The second kappa shape index (κ2) is 6.72. The van der Waals surface area contributed by atoms with Crippen LogP contribution in [0.4, 0.5) is 6.01 Å². The first-order valence-corrected chi connectivity index (χ1v) is 7.76. The van der Waals surface area contributed by atoms with Crippen LogP contribution in [0.15, 0.2) is 4.42 Å². The van der Waals surface area contributed by atoms with Crippen LogP contribution in [0.2, 0.25) is 0 Å². The van der Waals surface area contributed by atoms with Gasteiger partial charge in [-0.05, 0) is 26.9 Å². The van der Waals surface area contributed by atoms with E-state index in [1.54, 1.807) is 0 Å². The maximum Gasteiger partial charge on any atom is 0.318 e. The Balaban J connectivity index is 1.51. The third kappa shape index (κ3) is 3.72. The Morgan fingerprint density at radius 3 is 2.48 bits per heavy atom. The molecular formula is C14H25N5O2. The SMILES string of the molecule is CN(C)Cc1nnc(N2CCN(C3CCOCC3)CC2)o1. The number of rotatable bonds is 4. The summed E-state index contributed by atoms with van der Waals surface area (Å²) in [7, 11) is 3.99. The number of aromatic nitrogens is 2. The van der Waals surface area contributed by atoms with Gasteiger partial charge in [-0.15, -0.1) is 5.10 Å². The van der Waals surface area contributed by atoms with Crippen molar-refractivity contribution in [1.82, 2.24) is 20.0 Å². The van der Waals surface area contributed by atoms with Crippen LogP contribution in [0.1, 0.15) is 18.7 Å². The van der Waals surface area contributed by atoms with Crippen LogP contribution in [0.5, 0.6) is 0 Å². The molecule has 2 fully saturated rings. The van der Waals surface area contributed by atoms with E-state index < -0.39 is 0 Å². The normalized spacial score (nSPS) is 22.1. The zero-order valence-electron chi connectivity index (χ0n) is 13.0. The van der Waals surface area contributed by atoms with Gasteiger partial charge in [0.05, 0.1) is 6.54 Å². The average Bonchev–Trinajstić information content (AvgIpc) is 2.96. The maximum atomic E-state index is 5.74. The zero-order chi connectivity index (χ0) is 14.7. The molecule has 0 saturated carbocycles. The first kappa shape index (κ1) is 14.7. The summed E-state index contributed by atoms with van der Waals surface area (Å²) >= 11 is 0. The minimum absolute atomic E-state index is 0.665. The van der Waals surface area contributed by atoms with Crippen LogP contribution >= 0.6 is 0 Å². The van der Waals surface area contributed by atoms with E-state index in [4.69, 9.17) is 9.15 Å². The molecule has 0 aliphatic carbocycles. The van der Waals surface area contributed by atoms with Gasteiger partial charge in [-0.3, -0.25) is 4.90 Å². The molecule has 7 nitrogen and oxygen atoms in total. The molecule has 0 amide bonds. The van der Waals surface area contributed by atoms with Gasteiger partial charge in [0.15, 0.2) is 0 Å². The molecule has 0 radical (unpaired) electrons. The van der Waals surface area contributed by atoms with Gasteiger partial charge in [-0.2, -0.15) is 0 Å². The van der Waals surface area contributed by atoms with Crippen molar-refractivity contribution in [3.8, 4) is 0 Å². The minimum Gasteiger partial charge on any atom is -0.407 e. The van der Waals surface area contributed by atoms with E-state index in [0.717, 1.165) is 52.2 Å². The van der Waals surface area contributed by atoms with Crippen molar-refractivity contribution in [2.24, 2.45) is 0 Å². The highest BCUT2D eigenvalue weighted by Crippen LogP contribution is 2.20. The molecule has 118 valence electrons. The minimum atomic E-state index is 0.665. The maximum absolute atomic E-state index is 5.74. The van der Waals surface area contributed by atoms with Crippen molar-refractivity contribution < 1.29 is 9.15 Å². The molecule has 3 rings (SSSR count). The van der Waals surface area contributed by atoms with E-state index in [1.807, 2.05) is 19.0 Å². The van der Waals surface area contributed by atoms with Gasteiger partial charge < -0.3 is 19.0 Å². The zero-order valence-corrected chi connectivity index (χ0v) is 13.0. The molecule has 1 aromatic heterocycles. The standard InChI is InChI=1S/C14H25N5O2/c1-17(2)11-13-15-16-14(21-13)19-7-5-18(6-8-19)12-3-9-20-10-4-12/h12H,3-11H2,1-2H3. The fourth-order valence-corrected chi connectivity index (χ4v) is 3.04. The lowest BCUT2D eigenvalue weighted by Crippen LogP contribution is -2.51. The van der Waals surface area contributed by atoms with E-state index in [-0.39, 0.29) is 0 Å². The molecule has 0 aromatic carbocycles. The first-order chi connectivity index (χ1) is 10.2. The first-order valence-electron chi connectivity index (χ1n) is 7.76. The highest BCUT2D eigenvalue weighted by atomic mass is 16.5. The Labute approximate surface area is 125 Å². The number of anilines is 1. The summed E-state index contributed by atoms with van der Waals surface area (Å²) in [6.45, 7) is 6.55. The lowest BCUT2D eigenvalue weighted by molar-refractivity contribution is 0.0318. The molecule has 2 saturated heterocycles. The summed E-state index contributed by atoms with van der Waals surface area (Å²) < 4.78 is 11.2. The summed E-state index contributed by atoms with van der Waals surface area (Å²) in [5, 5.41) is 8.28. The van der Waals surface area contributed by atoms with E-state index >= 15 is 0 Å². The third-order valence-electron chi connectivity index (χ3n) is 4.20. The molecule has 0 bridgehead atoms. The predicted octanol–water partition coefficient (Wildman–Crippen LogP) is 0.432. The van der Waals surface area contributed by atoms with Crippen molar-refractivity contribution in [3.63, 3.8) is 0 Å². The van der Waals surface area contributed by atoms with Gasteiger partial charge in [-0.25, -0.2) is 0 Å². The molecule has 2 aliphatic heterocycles. The average molecular weight is 295 g/mol. The van der Waals surface area contributed by atoms with Crippen LogP contribution < -0.4 is 4.90 Å². The molecule has 2 aliphatic rings. The molecule has 21 heavy (non-hydrogen) atoms. The van der Waals surface area contributed by atoms with E-state index in [1.165, 1.54) is 0 Å². The Bertz CT molecular complexity index is 436. The monoisotopic (exact) mass is 295 g/mol. The summed E-state index contributed by atoms with van der Waals surface area (Å²) in [5.74, 6) is 0.682. The van der Waals surface area contributed by atoms with Gasteiger partial charge >= 0.3 is 6.01 Å². The van der Waals surface area contributed by atoms with E-state index in [2.05, 4.69) is 20.0 Å². The Morgan fingerprint density at radius 2 is 1.81 bits per heavy atom. The molecular weight excluding hydrogens is 270 g/mol. The van der Waals surface area contributed by atoms with Crippen molar-refractivity contribution in [3.05, 3.63) is 5.89 Å². The third-order valence-corrected chi connectivity index (χ3v) is 4.20. The van der Waals surface area contributed by atoms with Crippen LogP contribution in [-0.4, -0.2) is 79.5 Å². The lowest BCUT2D eigenvalue weighted by atomic mass is 10.1. The summed E-state index contributed by atoms with van der Waals surface area (Å²) in [4.78, 5) is 6.80. The molecule has 0 spiro atoms. The molecule has 0 atom stereocenters. The van der Waals surface area contributed by atoms with Gasteiger partial charge in [0, 0.05) is 45.4 Å². The predicted molar refractivity (Wildman–Crippen MR) is 79.3 cm³/mol. The number of nitrogens with zero attached hydrogens (tertiary/aromatic N) is 5. The molecule has 3 heterocycles. The van der Waals surface area contributed by atoms with E-state index in [9.17, 15) is 0 Å². The van der Waals surface area contributed by atoms with Gasteiger partial charge in [0.1, 0.15) is 0 Å². The molecule has 7 heteroatoms. The molecule has 0 N–H and O–H groups in total. The van der Waals surface area contributed by atoms with Crippen LogP contribution in [-0.2, 0) is 11.3 Å². The number of piperazine rings is 1. The molecule has 1 aromatic rings. The highest BCUT2D eigenvalue weighted by molar-refractivity contribution is 5.25. The molecule has 0 unspecified atom stereocenters. The second-order valence-electron chi connectivity index (χ2n) is 6.08. The number of hydrogen-bond donors (Lipinski definition) is 0. The van der Waals surface area contributed by atoms with Gasteiger partial charge in [-0.1, -0.05) is 5.10 Å². The van der Waals surface area contributed by atoms with Gasteiger partial charge in [0.25, 0.3) is 0 Å². The largest absolute Gasteiger partial charge is 0.407 e. The second-order valence-corrected chi connectivity index (χ2v) is 6.08. The number of ether oxygens (including phenoxy) is 1. The van der Waals surface area contributed by atoms with Crippen molar-refractivity contribution in [2.75, 3.05) is 58.4 Å². The van der Waals surface area contributed by atoms with Crippen LogP contribution in [0.25, 0.3) is 0 Å². The summed E-state index contributed by atoms with van der Waals surface area (Å²) in [5.41, 5.74) is 0. The van der Waals surface area contributed by atoms with Gasteiger partial charge in [0.2, 0.25) is 5.89 Å². The fourth-order valence-electron chi connectivity index (χ4n) is 3.04. The van der Waals surface area contributed by atoms with Crippen molar-refractivity contribution in [1.29, 1.82) is 0 Å². The Morgan fingerprint density at radius 1 is 1.10 bits per heavy atom. The topological polar surface area (TPSA) is 57.9 Å². The van der Waals surface area contributed by atoms with E-state index in [0.29, 0.717) is 24.5 Å². The summed E-state index contributed by atoms with van der Waals surface area (Å²) in [6, 6.07) is 1.35. The lowest BCUT2D eigenvalue weighted by Gasteiger charge is -2.40. The van der Waals surface area contributed by atoms with Crippen molar-refractivity contribution >= 4 is 6.01 Å². The highest BCUT2D eigenvalue weighted by Gasteiger charge is 2.27. The van der Waals surface area contributed by atoms with Crippen LogP contribution in [0, 0.1) is 0 Å². The summed E-state index contributed by atoms with van der Waals surface area (Å²) in [6.07, 6.45) is 2.32. The Hall–Kier alpha value is -1.18. The quantitative estimate of drug-likeness (QED) is 0.798. The van der Waals surface area contributed by atoms with Crippen LogP contribution in [0.3, 0.4) is 0 Å². The van der Waals surface area contributed by atoms with Crippen molar-refractivity contribution in [2.45, 2.75) is 25.4 Å².